The molecule has 0 unspecified atom stereocenters. The topological polar surface area (TPSA) is 88.0 Å². The molecule has 2 aromatic rings. The molecule has 1 aromatic heterocycles. The minimum atomic E-state index is -0.763. The number of nitrogens with two attached hydrogens (primary N) is 1. The van der Waals surface area contributed by atoms with Crippen LogP contribution in [0.25, 0.3) is 10.8 Å². The first-order valence-corrected chi connectivity index (χ1v) is 7.30. The van der Waals surface area contributed by atoms with Crippen LogP contribution in [0.5, 0.6) is 0 Å². The zero-order valence-corrected chi connectivity index (χ0v) is 11.8. The van der Waals surface area contributed by atoms with E-state index in [1.54, 1.807) is 24.4 Å². The van der Waals surface area contributed by atoms with Crippen LogP contribution in [-0.4, -0.2) is 16.4 Å². The van der Waals surface area contributed by atoms with E-state index in [0.717, 1.165) is 37.5 Å². The molecule has 1 saturated carbocycles. The highest BCUT2D eigenvalue weighted by molar-refractivity contribution is 5.99. The standard InChI is InChI=1S/C16H19N3O2/c17-16(7-2-1-3-8-16)15(21)19-12-4-5-13-11(10-12)6-9-18-14(13)20/h4-6,9-10H,1-3,7-8,17H2,(H,18,20)(H,19,21). The Morgan fingerprint density at radius 1 is 1.19 bits per heavy atom. The molecule has 5 nitrogen and oxygen atoms in total. The summed E-state index contributed by atoms with van der Waals surface area (Å²) in [6.45, 7) is 0. The largest absolute Gasteiger partial charge is 0.329 e. The second kappa shape index (κ2) is 5.33. The number of nitrogens with one attached hydrogen (secondary N) is 2. The molecule has 1 aliphatic carbocycles. The molecule has 5 heteroatoms. The lowest BCUT2D eigenvalue weighted by molar-refractivity contribution is -0.122. The third kappa shape index (κ3) is 2.69. The van der Waals surface area contributed by atoms with E-state index in [4.69, 9.17) is 5.73 Å². The number of aromatic amines is 1. The van der Waals surface area contributed by atoms with Crippen molar-refractivity contribution in [1.82, 2.24) is 4.98 Å². The summed E-state index contributed by atoms with van der Waals surface area (Å²) in [6, 6.07) is 7.06. The molecule has 0 aliphatic heterocycles. The molecule has 0 saturated heterocycles. The fourth-order valence-electron chi connectivity index (χ4n) is 2.94. The summed E-state index contributed by atoms with van der Waals surface area (Å²) in [5.74, 6) is -0.133. The number of fused-ring (bicyclic) bond motifs is 1. The zero-order valence-electron chi connectivity index (χ0n) is 11.8. The molecule has 110 valence electrons. The van der Waals surface area contributed by atoms with Crippen LogP contribution in [0.2, 0.25) is 0 Å². The van der Waals surface area contributed by atoms with Crippen LogP contribution < -0.4 is 16.6 Å². The van der Waals surface area contributed by atoms with Crippen molar-refractivity contribution < 1.29 is 4.79 Å². The highest BCUT2D eigenvalue weighted by Crippen LogP contribution is 2.27. The van der Waals surface area contributed by atoms with Gasteiger partial charge in [0, 0.05) is 17.3 Å². The van der Waals surface area contributed by atoms with E-state index < -0.39 is 5.54 Å². The van der Waals surface area contributed by atoms with Gasteiger partial charge in [-0.15, -0.1) is 0 Å². The zero-order chi connectivity index (χ0) is 14.9. The Balaban J connectivity index is 1.84. The first-order valence-electron chi connectivity index (χ1n) is 7.30. The van der Waals surface area contributed by atoms with E-state index in [9.17, 15) is 9.59 Å². The first-order chi connectivity index (χ1) is 10.1. The molecule has 1 aromatic carbocycles. The quantitative estimate of drug-likeness (QED) is 0.789. The van der Waals surface area contributed by atoms with Crippen LogP contribution in [0.1, 0.15) is 32.1 Å². The van der Waals surface area contributed by atoms with Crippen LogP contribution in [-0.2, 0) is 4.79 Å². The second-order valence-corrected chi connectivity index (χ2v) is 5.78. The van der Waals surface area contributed by atoms with E-state index in [0.29, 0.717) is 11.1 Å². The van der Waals surface area contributed by atoms with Crippen molar-refractivity contribution in [1.29, 1.82) is 0 Å². The molecule has 1 aliphatic rings. The summed E-state index contributed by atoms with van der Waals surface area (Å²) in [4.78, 5) is 26.7. The van der Waals surface area contributed by atoms with Gasteiger partial charge in [-0.1, -0.05) is 19.3 Å². The Bertz CT molecular complexity index is 730. The molecule has 0 spiro atoms. The lowest BCUT2D eigenvalue weighted by Gasteiger charge is -2.31. The Morgan fingerprint density at radius 2 is 1.95 bits per heavy atom. The third-order valence-electron chi connectivity index (χ3n) is 4.23. The fraction of sp³-hybridized carbons (Fsp3) is 0.375. The van der Waals surface area contributed by atoms with Crippen LogP contribution in [0.15, 0.2) is 35.3 Å². The number of anilines is 1. The summed E-state index contributed by atoms with van der Waals surface area (Å²) in [5, 5.41) is 4.29. The fourth-order valence-corrected chi connectivity index (χ4v) is 2.94. The van der Waals surface area contributed by atoms with Crippen molar-refractivity contribution in [2.24, 2.45) is 5.73 Å². The van der Waals surface area contributed by atoms with E-state index in [1.807, 2.05) is 6.07 Å². The molecular weight excluding hydrogens is 266 g/mol. The number of pyridine rings is 1. The van der Waals surface area contributed by atoms with Gasteiger partial charge in [0.1, 0.15) is 0 Å². The van der Waals surface area contributed by atoms with E-state index in [2.05, 4.69) is 10.3 Å². The number of carbonyl (C=O) groups excluding carboxylic acids is 1. The number of carbonyl (C=O) groups is 1. The van der Waals surface area contributed by atoms with Gasteiger partial charge in [-0.2, -0.15) is 0 Å². The number of benzene rings is 1. The maximum Gasteiger partial charge on any atom is 0.255 e. The minimum absolute atomic E-state index is 0.132. The van der Waals surface area contributed by atoms with Gasteiger partial charge in [0.25, 0.3) is 5.56 Å². The van der Waals surface area contributed by atoms with Crippen LogP contribution in [0.3, 0.4) is 0 Å². The number of H-pyrrole nitrogens is 1. The van der Waals surface area contributed by atoms with Crippen molar-refractivity contribution in [3.8, 4) is 0 Å². The molecule has 3 rings (SSSR count). The lowest BCUT2D eigenvalue weighted by atomic mass is 9.82. The highest BCUT2D eigenvalue weighted by Gasteiger charge is 2.35. The van der Waals surface area contributed by atoms with Crippen LogP contribution in [0, 0.1) is 0 Å². The Morgan fingerprint density at radius 3 is 2.71 bits per heavy atom. The average Bonchev–Trinajstić information content (AvgIpc) is 2.48. The van der Waals surface area contributed by atoms with E-state index >= 15 is 0 Å². The number of aromatic nitrogens is 1. The summed E-state index contributed by atoms with van der Waals surface area (Å²) in [6.07, 6.45) is 6.19. The Hall–Kier alpha value is -2.14. The van der Waals surface area contributed by atoms with Gasteiger partial charge in [0.15, 0.2) is 0 Å². The number of rotatable bonds is 2. The van der Waals surface area contributed by atoms with Crippen molar-refractivity contribution >= 4 is 22.4 Å². The summed E-state index contributed by atoms with van der Waals surface area (Å²) in [5.41, 5.74) is 6.00. The molecule has 4 N–H and O–H groups in total. The van der Waals surface area contributed by atoms with E-state index in [-0.39, 0.29) is 11.5 Å². The van der Waals surface area contributed by atoms with Gasteiger partial charge in [0.05, 0.1) is 5.54 Å². The minimum Gasteiger partial charge on any atom is -0.329 e. The van der Waals surface area contributed by atoms with Gasteiger partial charge in [-0.3, -0.25) is 9.59 Å². The summed E-state index contributed by atoms with van der Waals surface area (Å²) < 4.78 is 0. The number of amides is 1. The highest BCUT2D eigenvalue weighted by atomic mass is 16.2. The third-order valence-corrected chi connectivity index (χ3v) is 4.23. The van der Waals surface area contributed by atoms with Gasteiger partial charge < -0.3 is 16.0 Å². The molecule has 1 fully saturated rings. The number of hydrogen-bond acceptors (Lipinski definition) is 3. The SMILES string of the molecule is NC1(C(=O)Nc2ccc3c(=O)[nH]ccc3c2)CCCCC1. The normalized spacial score (nSPS) is 17.6. The van der Waals surface area contributed by atoms with Crippen LogP contribution in [0.4, 0.5) is 5.69 Å². The van der Waals surface area contributed by atoms with Crippen molar-refractivity contribution in [2.75, 3.05) is 5.32 Å². The maximum atomic E-state index is 12.4. The van der Waals surface area contributed by atoms with Gasteiger partial charge in [-0.25, -0.2) is 0 Å². The van der Waals surface area contributed by atoms with Gasteiger partial charge in [0.2, 0.25) is 5.91 Å². The van der Waals surface area contributed by atoms with Gasteiger partial charge >= 0.3 is 0 Å². The average molecular weight is 285 g/mol. The smallest absolute Gasteiger partial charge is 0.255 e. The molecule has 1 heterocycles. The van der Waals surface area contributed by atoms with Crippen LogP contribution >= 0.6 is 0 Å². The number of hydrogen-bond donors (Lipinski definition) is 3. The monoisotopic (exact) mass is 285 g/mol. The van der Waals surface area contributed by atoms with Crippen molar-refractivity contribution in [3.05, 3.63) is 40.8 Å². The predicted octanol–water partition coefficient (Wildman–Crippen LogP) is 2.13. The summed E-state index contributed by atoms with van der Waals surface area (Å²) in [7, 11) is 0. The Kier molecular flexibility index (Phi) is 3.51. The van der Waals surface area contributed by atoms with Gasteiger partial charge in [-0.05, 0) is 42.5 Å². The summed E-state index contributed by atoms with van der Waals surface area (Å²) >= 11 is 0. The van der Waals surface area contributed by atoms with Crippen molar-refractivity contribution in [2.45, 2.75) is 37.6 Å². The molecule has 0 radical (unpaired) electrons. The lowest BCUT2D eigenvalue weighted by Crippen LogP contribution is -2.52. The van der Waals surface area contributed by atoms with E-state index in [1.165, 1.54) is 0 Å². The van der Waals surface area contributed by atoms with Crippen molar-refractivity contribution in [3.63, 3.8) is 0 Å². The predicted molar refractivity (Wildman–Crippen MR) is 83.2 cm³/mol. The second-order valence-electron chi connectivity index (χ2n) is 5.78. The first kappa shape index (κ1) is 13.8. The Labute approximate surface area is 122 Å². The molecule has 1 amide bonds. The maximum absolute atomic E-state index is 12.4. The molecule has 21 heavy (non-hydrogen) atoms. The molecular formula is C16H19N3O2. The molecule has 0 bridgehead atoms. The molecule has 0 atom stereocenters.